The molecule has 1 amide bonds. The summed E-state index contributed by atoms with van der Waals surface area (Å²) in [5.74, 6) is 1.14. The molecule has 5 nitrogen and oxygen atoms in total. The summed E-state index contributed by atoms with van der Waals surface area (Å²) in [6.07, 6.45) is 2.06. The molecule has 1 aliphatic rings. The molecule has 0 atom stereocenters. The number of halogens is 1. The third-order valence-electron chi connectivity index (χ3n) is 3.26. The first kappa shape index (κ1) is 15.6. The zero-order valence-corrected chi connectivity index (χ0v) is 12.9. The largest absolute Gasteiger partial charge is 0.355 e. The summed E-state index contributed by atoms with van der Waals surface area (Å²) in [6, 6.07) is 7.67. The van der Waals surface area contributed by atoms with Gasteiger partial charge < -0.3 is 16.0 Å². The Kier molecular flexibility index (Phi) is 5.87. The SMILES string of the molecule is CN=C(NCCNC(=O)C1CC1)NCc1ccc(Cl)cc1. The van der Waals surface area contributed by atoms with Crippen molar-refractivity contribution in [1.82, 2.24) is 16.0 Å². The van der Waals surface area contributed by atoms with Crippen LogP contribution in [0.25, 0.3) is 0 Å². The second kappa shape index (κ2) is 7.88. The molecule has 6 heteroatoms. The van der Waals surface area contributed by atoms with Crippen molar-refractivity contribution in [3.8, 4) is 0 Å². The lowest BCUT2D eigenvalue weighted by molar-refractivity contribution is -0.122. The van der Waals surface area contributed by atoms with Crippen molar-refractivity contribution >= 4 is 23.5 Å². The number of nitrogens with zero attached hydrogens (tertiary/aromatic N) is 1. The standard InChI is InChI=1S/C15H21ClN4O/c1-17-15(19-9-8-18-14(21)12-4-5-12)20-10-11-2-6-13(16)7-3-11/h2-3,6-7,12H,4-5,8-10H2,1H3,(H,18,21)(H2,17,19,20). The van der Waals surface area contributed by atoms with Gasteiger partial charge in [-0.25, -0.2) is 0 Å². The van der Waals surface area contributed by atoms with Gasteiger partial charge in [-0.05, 0) is 30.5 Å². The van der Waals surface area contributed by atoms with E-state index in [-0.39, 0.29) is 11.8 Å². The number of hydrogen-bond acceptors (Lipinski definition) is 2. The highest BCUT2D eigenvalue weighted by atomic mass is 35.5. The molecular weight excluding hydrogens is 288 g/mol. The zero-order valence-electron chi connectivity index (χ0n) is 12.2. The van der Waals surface area contributed by atoms with Gasteiger partial charge in [-0.15, -0.1) is 0 Å². The summed E-state index contributed by atoms with van der Waals surface area (Å²) in [5.41, 5.74) is 1.13. The van der Waals surface area contributed by atoms with Gasteiger partial charge in [0.1, 0.15) is 0 Å². The summed E-state index contributed by atoms with van der Waals surface area (Å²) in [7, 11) is 1.72. The van der Waals surface area contributed by atoms with Crippen LogP contribution in [0, 0.1) is 5.92 Å². The topological polar surface area (TPSA) is 65.5 Å². The minimum Gasteiger partial charge on any atom is -0.355 e. The maximum absolute atomic E-state index is 11.5. The Morgan fingerprint density at radius 2 is 1.86 bits per heavy atom. The summed E-state index contributed by atoms with van der Waals surface area (Å²) in [4.78, 5) is 15.6. The van der Waals surface area contributed by atoms with Crippen molar-refractivity contribution in [3.05, 3.63) is 34.9 Å². The Bertz CT molecular complexity index is 497. The predicted octanol–water partition coefficient (Wildman–Crippen LogP) is 1.53. The van der Waals surface area contributed by atoms with Crippen LogP contribution >= 0.6 is 11.6 Å². The smallest absolute Gasteiger partial charge is 0.223 e. The predicted molar refractivity (Wildman–Crippen MR) is 85.4 cm³/mol. The van der Waals surface area contributed by atoms with E-state index < -0.39 is 0 Å². The average molecular weight is 309 g/mol. The van der Waals surface area contributed by atoms with E-state index in [2.05, 4.69) is 20.9 Å². The first-order chi connectivity index (χ1) is 10.2. The zero-order chi connectivity index (χ0) is 15.1. The molecule has 0 spiro atoms. The summed E-state index contributed by atoms with van der Waals surface area (Å²) in [5, 5.41) is 10.0. The fourth-order valence-corrected chi connectivity index (χ4v) is 1.99. The van der Waals surface area contributed by atoms with E-state index in [0.717, 1.165) is 23.4 Å². The third kappa shape index (κ3) is 5.63. The van der Waals surface area contributed by atoms with E-state index in [1.165, 1.54) is 0 Å². The second-order valence-corrected chi connectivity index (χ2v) is 5.48. The van der Waals surface area contributed by atoms with Gasteiger partial charge >= 0.3 is 0 Å². The number of hydrogen-bond donors (Lipinski definition) is 3. The molecule has 0 aromatic heterocycles. The van der Waals surface area contributed by atoms with Crippen LogP contribution < -0.4 is 16.0 Å². The number of carbonyl (C=O) groups is 1. The molecule has 0 radical (unpaired) electrons. The molecule has 0 heterocycles. The Morgan fingerprint density at radius 1 is 1.19 bits per heavy atom. The van der Waals surface area contributed by atoms with Crippen molar-refractivity contribution in [3.63, 3.8) is 0 Å². The van der Waals surface area contributed by atoms with Gasteiger partial charge in [0, 0.05) is 37.6 Å². The fourth-order valence-electron chi connectivity index (χ4n) is 1.87. The fraction of sp³-hybridized carbons (Fsp3) is 0.467. The monoisotopic (exact) mass is 308 g/mol. The van der Waals surface area contributed by atoms with Gasteiger partial charge in [-0.3, -0.25) is 9.79 Å². The normalized spacial score (nSPS) is 14.7. The number of amides is 1. The lowest BCUT2D eigenvalue weighted by atomic mass is 10.2. The molecule has 0 unspecified atom stereocenters. The molecular formula is C15H21ClN4O. The van der Waals surface area contributed by atoms with Crippen molar-refractivity contribution in [2.24, 2.45) is 10.9 Å². The molecule has 2 rings (SSSR count). The third-order valence-corrected chi connectivity index (χ3v) is 3.51. The number of rotatable bonds is 6. The lowest BCUT2D eigenvalue weighted by Crippen LogP contribution is -2.41. The van der Waals surface area contributed by atoms with Gasteiger partial charge in [0.05, 0.1) is 0 Å². The van der Waals surface area contributed by atoms with Gasteiger partial charge in [0.15, 0.2) is 5.96 Å². The van der Waals surface area contributed by atoms with Crippen LogP contribution in [-0.2, 0) is 11.3 Å². The van der Waals surface area contributed by atoms with Gasteiger partial charge in [0.25, 0.3) is 0 Å². The van der Waals surface area contributed by atoms with Crippen LogP contribution in [0.2, 0.25) is 5.02 Å². The highest BCUT2D eigenvalue weighted by molar-refractivity contribution is 6.30. The highest BCUT2D eigenvalue weighted by Gasteiger charge is 2.28. The molecule has 3 N–H and O–H groups in total. The molecule has 1 saturated carbocycles. The lowest BCUT2D eigenvalue weighted by Gasteiger charge is -2.12. The minimum atomic E-state index is 0.168. The van der Waals surface area contributed by atoms with Crippen LogP contribution in [0.3, 0.4) is 0 Å². The summed E-state index contributed by atoms with van der Waals surface area (Å²) in [6.45, 7) is 1.93. The quantitative estimate of drug-likeness (QED) is 0.424. The Hall–Kier alpha value is -1.75. The number of nitrogens with one attached hydrogen (secondary N) is 3. The molecule has 1 fully saturated rings. The van der Waals surface area contributed by atoms with Crippen LogP contribution in [0.15, 0.2) is 29.3 Å². The first-order valence-corrected chi connectivity index (χ1v) is 7.53. The molecule has 1 aromatic carbocycles. The van der Waals surface area contributed by atoms with E-state index in [9.17, 15) is 4.79 Å². The molecule has 1 aromatic rings. The average Bonchev–Trinajstić information content (AvgIpc) is 3.33. The van der Waals surface area contributed by atoms with E-state index in [1.807, 2.05) is 24.3 Å². The van der Waals surface area contributed by atoms with Crippen molar-refractivity contribution in [2.45, 2.75) is 19.4 Å². The molecule has 0 aliphatic heterocycles. The van der Waals surface area contributed by atoms with E-state index in [0.29, 0.717) is 25.6 Å². The van der Waals surface area contributed by atoms with Gasteiger partial charge in [-0.1, -0.05) is 23.7 Å². The Balaban J connectivity index is 1.63. The second-order valence-electron chi connectivity index (χ2n) is 5.04. The molecule has 0 bridgehead atoms. The van der Waals surface area contributed by atoms with Crippen LogP contribution in [-0.4, -0.2) is 32.0 Å². The number of carbonyl (C=O) groups excluding carboxylic acids is 1. The van der Waals surface area contributed by atoms with Crippen molar-refractivity contribution < 1.29 is 4.79 Å². The minimum absolute atomic E-state index is 0.168. The highest BCUT2D eigenvalue weighted by Crippen LogP contribution is 2.28. The molecule has 21 heavy (non-hydrogen) atoms. The van der Waals surface area contributed by atoms with E-state index in [4.69, 9.17) is 11.6 Å². The summed E-state index contributed by atoms with van der Waals surface area (Å²) < 4.78 is 0. The van der Waals surface area contributed by atoms with Crippen molar-refractivity contribution in [2.75, 3.05) is 20.1 Å². The Labute approximate surface area is 130 Å². The van der Waals surface area contributed by atoms with Crippen LogP contribution in [0.1, 0.15) is 18.4 Å². The maximum Gasteiger partial charge on any atom is 0.223 e. The number of benzene rings is 1. The van der Waals surface area contributed by atoms with Crippen LogP contribution in [0.4, 0.5) is 0 Å². The maximum atomic E-state index is 11.5. The van der Waals surface area contributed by atoms with E-state index in [1.54, 1.807) is 7.05 Å². The van der Waals surface area contributed by atoms with Crippen LogP contribution in [0.5, 0.6) is 0 Å². The van der Waals surface area contributed by atoms with Crippen molar-refractivity contribution in [1.29, 1.82) is 0 Å². The van der Waals surface area contributed by atoms with Gasteiger partial charge in [-0.2, -0.15) is 0 Å². The molecule has 114 valence electrons. The van der Waals surface area contributed by atoms with Gasteiger partial charge in [0.2, 0.25) is 5.91 Å². The molecule has 1 aliphatic carbocycles. The summed E-state index contributed by atoms with van der Waals surface area (Å²) >= 11 is 5.85. The Morgan fingerprint density at radius 3 is 2.48 bits per heavy atom. The number of aliphatic imine (C=N–C) groups is 1. The number of guanidine groups is 1. The molecule has 0 saturated heterocycles. The first-order valence-electron chi connectivity index (χ1n) is 7.15. The van der Waals surface area contributed by atoms with E-state index >= 15 is 0 Å².